The minimum absolute atomic E-state index is 0.0315. The summed E-state index contributed by atoms with van der Waals surface area (Å²) in [5.41, 5.74) is 1.24. The van der Waals surface area contributed by atoms with E-state index in [2.05, 4.69) is 5.32 Å². The first-order valence-electron chi connectivity index (χ1n) is 10.2. The van der Waals surface area contributed by atoms with E-state index in [1.807, 2.05) is 0 Å². The molecule has 0 saturated heterocycles. The van der Waals surface area contributed by atoms with E-state index in [9.17, 15) is 18.0 Å². The van der Waals surface area contributed by atoms with Crippen molar-refractivity contribution >= 4 is 56.5 Å². The number of halogens is 2. The number of carbonyl (C=O) groups excluding carboxylic acids is 2. The predicted molar refractivity (Wildman–Crippen MR) is 133 cm³/mol. The second-order valence-electron chi connectivity index (χ2n) is 7.17. The molecule has 1 amide bonds. The number of hydrogen-bond acceptors (Lipinski definition) is 5. The van der Waals surface area contributed by atoms with Crippen molar-refractivity contribution in [1.29, 1.82) is 0 Å². The van der Waals surface area contributed by atoms with Crippen molar-refractivity contribution in [3.05, 3.63) is 87.9 Å². The quantitative estimate of drug-likeness (QED) is 0.406. The number of hydrogen-bond donors (Lipinski definition) is 1. The van der Waals surface area contributed by atoms with E-state index in [-0.39, 0.29) is 27.8 Å². The van der Waals surface area contributed by atoms with Gasteiger partial charge in [-0.15, -0.1) is 0 Å². The van der Waals surface area contributed by atoms with Gasteiger partial charge in [0.2, 0.25) is 5.91 Å². The molecule has 0 radical (unpaired) electrons. The Hall–Kier alpha value is -3.07. The molecule has 0 aliphatic heterocycles. The molecule has 178 valence electrons. The van der Waals surface area contributed by atoms with Crippen molar-refractivity contribution in [1.82, 2.24) is 0 Å². The minimum Gasteiger partial charge on any atom is -0.462 e. The Kier molecular flexibility index (Phi) is 8.19. The average Bonchev–Trinajstić information content (AvgIpc) is 2.80. The summed E-state index contributed by atoms with van der Waals surface area (Å²) in [6, 6.07) is 16.9. The van der Waals surface area contributed by atoms with Crippen LogP contribution in [0.15, 0.2) is 71.6 Å². The van der Waals surface area contributed by atoms with Gasteiger partial charge >= 0.3 is 5.97 Å². The van der Waals surface area contributed by atoms with Gasteiger partial charge in [-0.2, -0.15) is 0 Å². The number of benzene rings is 3. The molecule has 0 aliphatic rings. The Morgan fingerprint density at radius 2 is 1.68 bits per heavy atom. The minimum atomic E-state index is -4.09. The predicted octanol–water partition coefficient (Wildman–Crippen LogP) is 5.31. The summed E-state index contributed by atoms with van der Waals surface area (Å²) in [4.78, 5) is 24.9. The van der Waals surface area contributed by atoms with Crippen LogP contribution in [-0.2, 0) is 19.6 Å². The van der Waals surface area contributed by atoms with E-state index in [1.54, 1.807) is 50.2 Å². The van der Waals surface area contributed by atoms with E-state index in [0.717, 1.165) is 4.31 Å². The number of nitrogens with one attached hydrogen (secondary N) is 1. The third-order valence-electron chi connectivity index (χ3n) is 4.87. The SMILES string of the molecule is CCOC(=O)c1ccc(NC(=O)CN(c2cccc(Cl)c2C)S(=O)(=O)c2ccccc2)cc1Cl. The highest BCUT2D eigenvalue weighted by molar-refractivity contribution is 7.92. The van der Waals surface area contributed by atoms with Crippen LogP contribution in [0.5, 0.6) is 0 Å². The molecule has 1 N–H and O–H groups in total. The third kappa shape index (κ3) is 5.70. The molecule has 0 spiro atoms. The number of anilines is 2. The highest BCUT2D eigenvalue weighted by Crippen LogP contribution is 2.31. The van der Waals surface area contributed by atoms with Gasteiger partial charge in [0.1, 0.15) is 6.54 Å². The van der Waals surface area contributed by atoms with E-state index >= 15 is 0 Å². The van der Waals surface area contributed by atoms with Crippen molar-refractivity contribution in [2.75, 3.05) is 22.8 Å². The molecule has 0 aliphatic carbocycles. The van der Waals surface area contributed by atoms with Crippen LogP contribution in [-0.4, -0.2) is 33.4 Å². The van der Waals surface area contributed by atoms with Gasteiger partial charge in [0, 0.05) is 10.7 Å². The van der Waals surface area contributed by atoms with Gasteiger partial charge in [-0.05, 0) is 61.9 Å². The molecule has 0 unspecified atom stereocenters. The van der Waals surface area contributed by atoms with Crippen LogP contribution >= 0.6 is 23.2 Å². The highest BCUT2D eigenvalue weighted by Gasteiger charge is 2.28. The lowest BCUT2D eigenvalue weighted by atomic mass is 10.2. The normalized spacial score (nSPS) is 11.1. The number of carbonyl (C=O) groups is 2. The second-order valence-corrected chi connectivity index (χ2v) is 9.85. The molecule has 7 nitrogen and oxygen atoms in total. The van der Waals surface area contributed by atoms with Crippen molar-refractivity contribution < 1.29 is 22.7 Å². The molecular formula is C24H22Cl2N2O5S. The van der Waals surface area contributed by atoms with Crippen LogP contribution in [0.25, 0.3) is 0 Å². The number of ether oxygens (including phenoxy) is 1. The summed E-state index contributed by atoms with van der Waals surface area (Å²) in [6.45, 7) is 3.03. The van der Waals surface area contributed by atoms with Crippen molar-refractivity contribution in [3.8, 4) is 0 Å². The van der Waals surface area contributed by atoms with Gasteiger partial charge in [-0.1, -0.05) is 47.5 Å². The first kappa shape index (κ1) is 25.6. The molecule has 0 aromatic heterocycles. The number of rotatable bonds is 8. The molecule has 0 bridgehead atoms. The molecule has 0 saturated carbocycles. The molecular weight excluding hydrogens is 499 g/mol. The summed E-state index contributed by atoms with van der Waals surface area (Å²) in [7, 11) is -4.09. The summed E-state index contributed by atoms with van der Waals surface area (Å²) in [5.74, 6) is -1.19. The van der Waals surface area contributed by atoms with E-state index in [0.29, 0.717) is 16.3 Å². The Morgan fingerprint density at radius 3 is 2.32 bits per heavy atom. The Bertz CT molecular complexity index is 1310. The Labute approximate surface area is 208 Å². The fourth-order valence-electron chi connectivity index (χ4n) is 3.18. The largest absolute Gasteiger partial charge is 0.462 e. The molecule has 0 heterocycles. The Balaban J connectivity index is 1.91. The van der Waals surface area contributed by atoms with Crippen LogP contribution in [0.3, 0.4) is 0 Å². The standard InChI is InChI=1S/C24H22Cl2N2O5S/c1-3-33-24(30)19-13-12-17(14-21(19)26)27-23(29)15-28(22-11-7-10-20(25)16(22)2)34(31,32)18-8-5-4-6-9-18/h4-14H,3,15H2,1-2H3,(H,27,29). The van der Waals surface area contributed by atoms with Crippen molar-refractivity contribution in [3.63, 3.8) is 0 Å². The maximum absolute atomic E-state index is 13.4. The Morgan fingerprint density at radius 1 is 0.971 bits per heavy atom. The zero-order chi connectivity index (χ0) is 24.9. The average molecular weight is 521 g/mol. The summed E-state index contributed by atoms with van der Waals surface area (Å²) in [5, 5.41) is 3.09. The maximum Gasteiger partial charge on any atom is 0.339 e. The monoisotopic (exact) mass is 520 g/mol. The van der Waals surface area contributed by atoms with Gasteiger partial charge in [-0.25, -0.2) is 13.2 Å². The van der Waals surface area contributed by atoms with Gasteiger partial charge in [0.25, 0.3) is 10.0 Å². The fraction of sp³-hybridized carbons (Fsp3) is 0.167. The fourth-order valence-corrected chi connectivity index (χ4v) is 5.11. The highest BCUT2D eigenvalue weighted by atomic mass is 35.5. The second kappa shape index (κ2) is 10.9. The van der Waals surface area contributed by atoms with Gasteiger partial charge in [0.15, 0.2) is 0 Å². The van der Waals surface area contributed by atoms with E-state index in [1.165, 1.54) is 30.3 Å². The lowest BCUT2D eigenvalue weighted by Gasteiger charge is -2.26. The van der Waals surface area contributed by atoms with Crippen LogP contribution in [0.4, 0.5) is 11.4 Å². The van der Waals surface area contributed by atoms with E-state index in [4.69, 9.17) is 27.9 Å². The topological polar surface area (TPSA) is 92.8 Å². The number of amides is 1. The van der Waals surface area contributed by atoms with Crippen LogP contribution < -0.4 is 9.62 Å². The smallest absolute Gasteiger partial charge is 0.339 e. The molecule has 3 rings (SSSR count). The lowest BCUT2D eigenvalue weighted by molar-refractivity contribution is -0.114. The number of nitrogens with zero attached hydrogens (tertiary/aromatic N) is 1. The molecule has 3 aromatic carbocycles. The van der Waals surface area contributed by atoms with Crippen LogP contribution in [0.1, 0.15) is 22.8 Å². The first-order valence-corrected chi connectivity index (χ1v) is 12.4. The summed E-state index contributed by atoms with van der Waals surface area (Å²) in [6.07, 6.45) is 0. The maximum atomic E-state index is 13.4. The number of sulfonamides is 1. The van der Waals surface area contributed by atoms with Gasteiger partial charge in [0.05, 0.1) is 27.8 Å². The molecule has 34 heavy (non-hydrogen) atoms. The molecule has 3 aromatic rings. The van der Waals surface area contributed by atoms with Crippen LogP contribution in [0.2, 0.25) is 10.0 Å². The van der Waals surface area contributed by atoms with Crippen LogP contribution in [0, 0.1) is 6.92 Å². The van der Waals surface area contributed by atoms with E-state index < -0.39 is 28.4 Å². The summed E-state index contributed by atoms with van der Waals surface area (Å²) >= 11 is 12.4. The lowest BCUT2D eigenvalue weighted by Crippen LogP contribution is -2.38. The zero-order valence-corrected chi connectivity index (χ0v) is 20.7. The molecule has 0 atom stereocenters. The zero-order valence-electron chi connectivity index (χ0n) is 18.4. The molecule has 0 fully saturated rings. The number of esters is 1. The third-order valence-corrected chi connectivity index (χ3v) is 7.37. The summed E-state index contributed by atoms with van der Waals surface area (Å²) < 4.78 is 32.8. The first-order chi connectivity index (χ1) is 16.1. The van der Waals surface area contributed by atoms with Crippen molar-refractivity contribution in [2.45, 2.75) is 18.7 Å². The van der Waals surface area contributed by atoms with Gasteiger partial charge < -0.3 is 10.1 Å². The van der Waals surface area contributed by atoms with Gasteiger partial charge in [-0.3, -0.25) is 9.10 Å². The van der Waals surface area contributed by atoms with Crippen molar-refractivity contribution in [2.24, 2.45) is 0 Å². The molecule has 10 heteroatoms.